The second-order valence-corrected chi connectivity index (χ2v) is 20.6. The normalized spacial score (nSPS) is 11.5. The molecule has 5 nitrogen and oxygen atoms in total. The molecule has 4 heterocycles. The van der Waals surface area contributed by atoms with Crippen LogP contribution in [0.4, 0.5) is 0 Å². The molecule has 0 fully saturated rings. The van der Waals surface area contributed by atoms with Crippen molar-refractivity contribution in [2.45, 2.75) is 46.8 Å². The molecule has 9 aromatic rings. The van der Waals surface area contributed by atoms with E-state index in [1.807, 2.05) is 49.4 Å². The molecule has 0 aliphatic heterocycles. The minimum absolute atomic E-state index is 0. The Bertz CT molecular complexity index is 2770. The number of rotatable bonds is 7. The molecule has 0 saturated carbocycles. The van der Waals surface area contributed by atoms with E-state index in [4.69, 9.17) is 9.40 Å². The molecule has 0 bridgehead atoms. The molecular formula is C49H44IrN4OSi-2. The van der Waals surface area contributed by atoms with Gasteiger partial charge in [0.2, 0.25) is 5.71 Å². The van der Waals surface area contributed by atoms with Gasteiger partial charge in [-0.05, 0) is 66.0 Å². The molecule has 56 heavy (non-hydrogen) atoms. The third-order valence-electron chi connectivity index (χ3n) is 9.85. The van der Waals surface area contributed by atoms with Gasteiger partial charge in [0, 0.05) is 48.6 Å². The third-order valence-corrected chi connectivity index (χ3v) is 11.9. The van der Waals surface area contributed by atoms with Gasteiger partial charge in [-0.15, -0.1) is 59.7 Å². The number of hydrogen-bond donors (Lipinski definition) is 0. The Hall–Kier alpha value is -5.46. The smallest absolute Gasteiger partial charge is 0.216 e. The van der Waals surface area contributed by atoms with E-state index in [9.17, 15) is 0 Å². The van der Waals surface area contributed by atoms with E-state index in [1.54, 1.807) is 0 Å². The molecule has 5 aromatic carbocycles. The molecular weight excluding hydrogens is 881 g/mol. The van der Waals surface area contributed by atoms with Crippen LogP contribution in [0.3, 0.4) is 0 Å². The monoisotopic (exact) mass is 925 g/mol. The quantitative estimate of drug-likeness (QED) is 0.118. The van der Waals surface area contributed by atoms with E-state index in [1.165, 1.54) is 10.8 Å². The van der Waals surface area contributed by atoms with Crippen LogP contribution in [0, 0.1) is 25.0 Å². The molecule has 9 rings (SSSR count). The third kappa shape index (κ3) is 7.94. The zero-order valence-electron chi connectivity index (χ0n) is 32.6. The van der Waals surface area contributed by atoms with Gasteiger partial charge in [-0.2, -0.15) is 0 Å². The van der Waals surface area contributed by atoms with Crippen molar-refractivity contribution < 1.29 is 24.5 Å². The number of furan rings is 1. The molecule has 0 N–H and O–H groups in total. The van der Waals surface area contributed by atoms with Gasteiger partial charge in [0.1, 0.15) is 0 Å². The van der Waals surface area contributed by atoms with Crippen LogP contribution in [0.15, 0.2) is 144 Å². The number of para-hydroxylation sites is 3. The SMILES string of the molecule is CC(C)Cc1cc(-c2[c-]cccc2)ncc1[Si](C)(C)C.Cc1ccc2c(n1)oc1c[c-]c(-c3nc4ccccc4n3-c3ccccc3-c3ccccc3)cc12.[Ir]. The van der Waals surface area contributed by atoms with Gasteiger partial charge in [-0.3, -0.25) is 4.98 Å². The fourth-order valence-corrected chi connectivity index (χ4v) is 8.87. The number of hydrogen-bond acceptors (Lipinski definition) is 4. The predicted octanol–water partition coefficient (Wildman–Crippen LogP) is 12.1. The summed E-state index contributed by atoms with van der Waals surface area (Å²) in [5.74, 6) is 1.51. The zero-order chi connectivity index (χ0) is 38.1. The van der Waals surface area contributed by atoms with Crippen molar-refractivity contribution in [1.29, 1.82) is 0 Å². The van der Waals surface area contributed by atoms with Crippen molar-refractivity contribution in [2.24, 2.45) is 5.92 Å². The zero-order valence-corrected chi connectivity index (χ0v) is 36.0. The molecule has 0 saturated heterocycles. The Morgan fingerprint density at radius 3 is 2.27 bits per heavy atom. The van der Waals surface area contributed by atoms with Gasteiger partial charge in [-0.25, -0.2) is 4.98 Å². The number of nitrogens with zero attached hydrogens (tertiary/aromatic N) is 4. The molecule has 0 amide bonds. The fourth-order valence-electron chi connectivity index (χ4n) is 7.28. The first-order valence-corrected chi connectivity index (χ1v) is 22.4. The first kappa shape index (κ1) is 38.8. The maximum atomic E-state index is 6.01. The van der Waals surface area contributed by atoms with Crippen LogP contribution in [0.25, 0.3) is 72.6 Å². The molecule has 4 aromatic heterocycles. The van der Waals surface area contributed by atoms with E-state index in [0.29, 0.717) is 11.6 Å². The molecule has 0 aliphatic carbocycles. The Morgan fingerprint density at radius 2 is 1.50 bits per heavy atom. The van der Waals surface area contributed by atoms with Crippen molar-refractivity contribution in [3.05, 3.63) is 163 Å². The number of aryl methyl sites for hydroxylation is 1. The summed E-state index contributed by atoms with van der Waals surface area (Å²) in [4.78, 5) is 14.3. The van der Waals surface area contributed by atoms with E-state index in [2.05, 4.69) is 157 Å². The summed E-state index contributed by atoms with van der Waals surface area (Å²) >= 11 is 0. The van der Waals surface area contributed by atoms with Crippen LogP contribution >= 0.6 is 0 Å². The molecule has 0 aliphatic rings. The van der Waals surface area contributed by atoms with Crippen LogP contribution in [0.5, 0.6) is 0 Å². The second kappa shape index (κ2) is 16.3. The molecule has 0 spiro atoms. The van der Waals surface area contributed by atoms with E-state index < -0.39 is 8.07 Å². The van der Waals surface area contributed by atoms with Crippen LogP contribution in [0.1, 0.15) is 25.1 Å². The van der Waals surface area contributed by atoms with Crippen molar-refractivity contribution in [3.8, 4) is 39.5 Å². The number of imidazole rings is 1. The number of pyridine rings is 2. The standard InChI is InChI=1S/C31H20N3O.C18H24NSi.Ir/c1-20-15-17-24-25-19-22(16-18-29(25)35-31(24)32-20)30-33-26-12-6-8-14-28(26)34(30)27-13-7-5-11-23(27)21-9-3-2-4-10-21;1-14(2)11-16-12-17(15-9-7-6-8-10-15)19-13-18(16)20(3,4)5;/h2-15,17-19H,1H3;6-9,12-14H,11H2,1-5H3;/q2*-1;. The number of fused-ring (bicyclic) bond motifs is 4. The summed E-state index contributed by atoms with van der Waals surface area (Å²) in [5, 5.41) is 3.50. The maximum Gasteiger partial charge on any atom is 0.216 e. The topological polar surface area (TPSA) is 56.7 Å². The van der Waals surface area contributed by atoms with E-state index in [0.717, 1.165) is 79.0 Å². The molecule has 1 radical (unpaired) electrons. The molecule has 281 valence electrons. The van der Waals surface area contributed by atoms with Gasteiger partial charge in [-0.1, -0.05) is 111 Å². The van der Waals surface area contributed by atoms with Crippen molar-refractivity contribution in [3.63, 3.8) is 0 Å². The number of aromatic nitrogens is 4. The second-order valence-electron chi connectivity index (χ2n) is 15.5. The molecule has 7 heteroatoms. The minimum Gasteiger partial charge on any atom is -0.486 e. The largest absolute Gasteiger partial charge is 0.486 e. The maximum absolute atomic E-state index is 6.01. The van der Waals surface area contributed by atoms with Crippen LogP contribution in [0.2, 0.25) is 19.6 Å². The average molecular weight is 925 g/mol. The Kier molecular flexibility index (Phi) is 11.3. The van der Waals surface area contributed by atoms with Gasteiger partial charge in [0.05, 0.1) is 30.5 Å². The summed E-state index contributed by atoms with van der Waals surface area (Å²) in [5.41, 5.74) is 12.2. The Morgan fingerprint density at radius 1 is 0.750 bits per heavy atom. The van der Waals surface area contributed by atoms with E-state index >= 15 is 0 Å². The van der Waals surface area contributed by atoms with Crippen LogP contribution in [-0.4, -0.2) is 27.6 Å². The first-order valence-electron chi connectivity index (χ1n) is 18.9. The minimum atomic E-state index is -1.34. The molecule has 0 unspecified atom stereocenters. The summed E-state index contributed by atoms with van der Waals surface area (Å²) in [6, 6.07) is 52.3. The van der Waals surface area contributed by atoms with Crippen molar-refractivity contribution in [1.82, 2.24) is 19.5 Å². The van der Waals surface area contributed by atoms with E-state index in [-0.39, 0.29) is 20.1 Å². The number of benzene rings is 5. The van der Waals surface area contributed by atoms with Gasteiger partial charge in [0.15, 0.2) is 0 Å². The van der Waals surface area contributed by atoms with Crippen LogP contribution < -0.4 is 5.19 Å². The Labute approximate surface area is 343 Å². The van der Waals surface area contributed by atoms with Gasteiger partial charge in [0.25, 0.3) is 0 Å². The summed E-state index contributed by atoms with van der Waals surface area (Å²) in [7, 11) is -1.34. The Balaban J connectivity index is 0.000000197. The summed E-state index contributed by atoms with van der Waals surface area (Å²) < 4.78 is 8.24. The summed E-state index contributed by atoms with van der Waals surface area (Å²) in [6.07, 6.45) is 3.24. The predicted molar refractivity (Wildman–Crippen MR) is 231 cm³/mol. The average Bonchev–Trinajstić information content (AvgIpc) is 3.76. The molecule has 0 atom stereocenters. The van der Waals surface area contributed by atoms with Crippen molar-refractivity contribution in [2.75, 3.05) is 0 Å². The van der Waals surface area contributed by atoms with Gasteiger partial charge >= 0.3 is 0 Å². The van der Waals surface area contributed by atoms with Gasteiger partial charge < -0.3 is 14.0 Å². The summed E-state index contributed by atoms with van der Waals surface area (Å²) in [6.45, 7) is 13.7. The van der Waals surface area contributed by atoms with Crippen molar-refractivity contribution >= 4 is 46.4 Å². The fraction of sp³-hybridized carbons (Fsp3) is 0.163. The first-order chi connectivity index (χ1) is 26.6. The van der Waals surface area contributed by atoms with Crippen LogP contribution in [-0.2, 0) is 26.5 Å².